The number of fused-ring (bicyclic) bond motifs is 1. The summed E-state index contributed by atoms with van der Waals surface area (Å²) in [5, 5.41) is 2.04. The first kappa shape index (κ1) is 7.04. The minimum absolute atomic E-state index is 0.314. The van der Waals surface area contributed by atoms with Crippen molar-refractivity contribution in [3.05, 3.63) is 0 Å². The Bertz CT molecular complexity index is 169. The van der Waals surface area contributed by atoms with E-state index in [9.17, 15) is 4.79 Å². The summed E-state index contributed by atoms with van der Waals surface area (Å²) in [5.41, 5.74) is 0. The second-order valence-corrected chi connectivity index (χ2v) is 5.60. The fraction of sp³-hybridized carbons (Fsp3) is 0.857. The van der Waals surface area contributed by atoms with Crippen LogP contribution in [0, 0.1) is 0 Å². The van der Waals surface area contributed by atoms with E-state index in [2.05, 4.69) is 0 Å². The second kappa shape index (κ2) is 2.45. The van der Waals surface area contributed by atoms with Crippen molar-refractivity contribution in [1.29, 1.82) is 0 Å². The molecule has 0 aromatic carbocycles. The van der Waals surface area contributed by atoms with Crippen molar-refractivity contribution in [2.24, 2.45) is 0 Å². The van der Waals surface area contributed by atoms with Crippen LogP contribution in [0.3, 0.4) is 0 Å². The maximum Gasteiger partial charge on any atom is 0.143 e. The summed E-state index contributed by atoms with van der Waals surface area (Å²) >= 11 is 3.89. The third kappa shape index (κ3) is 1.21. The molecule has 0 aromatic heterocycles. The Morgan fingerprint density at radius 1 is 1.50 bits per heavy atom. The Labute approximate surface area is 69.3 Å². The Balaban J connectivity index is 1.94. The molecule has 56 valence electrons. The maximum absolute atomic E-state index is 10.9. The molecule has 0 radical (unpaired) electrons. The molecule has 1 nitrogen and oxygen atoms in total. The lowest BCUT2D eigenvalue weighted by Crippen LogP contribution is -2.21. The highest BCUT2D eigenvalue weighted by Crippen LogP contribution is 2.51. The molecule has 10 heavy (non-hydrogen) atoms. The summed E-state index contributed by atoms with van der Waals surface area (Å²) in [4.78, 5) is 10.9. The minimum atomic E-state index is 0.314. The van der Waals surface area contributed by atoms with Crippen LogP contribution in [0.5, 0.6) is 0 Å². The summed E-state index contributed by atoms with van der Waals surface area (Å²) in [5.74, 6) is 1.42. The van der Waals surface area contributed by atoms with Crippen LogP contribution < -0.4 is 0 Å². The molecule has 1 saturated heterocycles. The molecule has 0 N–H and O–H groups in total. The number of hydrogen-bond donors (Lipinski definition) is 0. The van der Waals surface area contributed by atoms with E-state index in [0.717, 1.165) is 16.3 Å². The zero-order chi connectivity index (χ0) is 7.14. The number of hydrogen-bond acceptors (Lipinski definition) is 3. The molecule has 0 aromatic rings. The van der Waals surface area contributed by atoms with Gasteiger partial charge >= 0.3 is 0 Å². The molecule has 1 heterocycles. The lowest BCUT2D eigenvalue weighted by Gasteiger charge is -2.16. The van der Waals surface area contributed by atoms with Crippen molar-refractivity contribution in [3.8, 4) is 0 Å². The van der Waals surface area contributed by atoms with Crippen LogP contribution in [0.4, 0.5) is 0 Å². The second-order valence-electron chi connectivity index (χ2n) is 2.88. The van der Waals surface area contributed by atoms with Crippen LogP contribution in [0.1, 0.15) is 13.3 Å². The molecular formula is C7H10OS2. The van der Waals surface area contributed by atoms with E-state index in [1.165, 1.54) is 6.42 Å². The maximum atomic E-state index is 10.9. The SMILES string of the molecule is CC(=O)C1CSC2CC2S1. The molecule has 2 fully saturated rings. The Hall–Kier alpha value is 0.370. The monoisotopic (exact) mass is 174 g/mol. The van der Waals surface area contributed by atoms with Gasteiger partial charge in [-0.05, 0) is 13.3 Å². The quantitative estimate of drug-likeness (QED) is 0.600. The first-order valence-corrected chi connectivity index (χ1v) is 5.54. The van der Waals surface area contributed by atoms with E-state index in [1.54, 1.807) is 6.92 Å². The molecule has 2 rings (SSSR count). The van der Waals surface area contributed by atoms with Crippen molar-refractivity contribution in [1.82, 2.24) is 0 Å². The molecular weight excluding hydrogens is 164 g/mol. The summed E-state index contributed by atoms with van der Waals surface area (Å²) in [7, 11) is 0. The van der Waals surface area contributed by atoms with Gasteiger partial charge in [0.1, 0.15) is 5.78 Å². The number of rotatable bonds is 1. The highest BCUT2D eigenvalue weighted by atomic mass is 32.2. The average molecular weight is 174 g/mol. The molecule has 0 amide bonds. The summed E-state index contributed by atoms with van der Waals surface area (Å²) in [6.07, 6.45) is 1.35. The molecule has 1 aliphatic carbocycles. The first-order valence-electron chi connectivity index (χ1n) is 3.55. The van der Waals surface area contributed by atoms with Gasteiger partial charge in [-0.2, -0.15) is 11.8 Å². The van der Waals surface area contributed by atoms with Gasteiger partial charge in [-0.25, -0.2) is 0 Å². The Morgan fingerprint density at radius 2 is 2.30 bits per heavy atom. The van der Waals surface area contributed by atoms with Gasteiger partial charge in [-0.1, -0.05) is 0 Å². The van der Waals surface area contributed by atoms with Gasteiger partial charge in [0.25, 0.3) is 0 Å². The number of ketones is 1. The predicted octanol–water partition coefficient (Wildman–Crippen LogP) is 1.56. The molecule has 3 unspecified atom stereocenters. The van der Waals surface area contributed by atoms with Crippen LogP contribution in [-0.2, 0) is 4.79 Å². The zero-order valence-corrected chi connectivity index (χ0v) is 7.50. The summed E-state index contributed by atoms with van der Waals surface area (Å²) < 4.78 is 0. The summed E-state index contributed by atoms with van der Waals surface area (Å²) in [6.45, 7) is 1.71. The average Bonchev–Trinajstić information content (AvgIpc) is 2.63. The third-order valence-corrected chi connectivity index (χ3v) is 5.49. The zero-order valence-electron chi connectivity index (χ0n) is 5.87. The van der Waals surface area contributed by atoms with Crippen LogP contribution in [-0.4, -0.2) is 27.3 Å². The lowest BCUT2D eigenvalue weighted by atomic mass is 10.3. The van der Waals surface area contributed by atoms with Gasteiger partial charge in [0.2, 0.25) is 0 Å². The number of thioether (sulfide) groups is 2. The van der Waals surface area contributed by atoms with Crippen molar-refractivity contribution in [2.75, 3.05) is 5.75 Å². The fourth-order valence-electron chi connectivity index (χ4n) is 1.14. The van der Waals surface area contributed by atoms with Gasteiger partial charge in [0, 0.05) is 16.3 Å². The smallest absolute Gasteiger partial charge is 0.143 e. The molecule has 0 bridgehead atoms. The Morgan fingerprint density at radius 3 is 2.90 bits per heavy atom. The minimum Gasteiger partial charge on any atom is -0.299 e. The van der Waals surface area contributed by atoms with Crippen LogP contribution in [0.2, 0.25) is 0 Å². The van der Waals surface area contributed by atoms with Crippen molar-refractivity contribution in [2.45, 2.75) is 29.1 Å². The number of carbonyl (C=O) groups excluding carboxylic acids is 1. The third-order valence-electron chi connectivity index (χ3n) is 1.93. The first-order chi connectivity index (χ1) is 4.77. The fourth-order valence-corrected chi connectivity index (χ4v) is 4.57. The van der Waals surface area contributed by atoms with E-state index in [4.69, 9.17) is 0 Å². The molecule has 3 heteroatoms. The largest absolute Gasteiger partial charge is 0.299 e. The number of carbonyl (C=O) groups is 1. The lowest BCUT2D eigenvalue weighted by molar-refractivity contribution is -0.116. The van der Waals surface area contributed by atoms with Crippen molar-refractivity contribution in [3.63, 3.8) is 0 Å². The van der Waals surface area contributed by atoms with E-state index < -0.39 is 0 Å². The van der Waals surface area contributed by atoms with E-state index in [-0.39, 0.29) is 0 Å². The standard InChI is InChI=1S/C7H10OS2/c1-4(8)7-3-9-5-2-6(5)10-7/h5-7H,2-3H2,1H3. The van der Waals surface area contributed by atoms with E-state index >= 15 is 0 Å². The van der Waals surface area contributed by atoms with Gasteiger partial charge < -0.3 is 0 Å². The number of Topliss-reactive ketones (excluding diaryl/α,β-unsaturated/α-hetero) is 1. The van der Waals surface area contributed by atoms with Crippen molar-refractivity contribution < 1.29 is 4.79 Å². The van der Waals surface area contributed by atoms with Gasteiger partial charge in [0.15, 0.2) is 0 Å². The van der Waals surface area contributed by atoms with Gasteiger partial charge in [-0.3, -0.25) is 4.79 Å². The van der Waals surface area contributed by atoms with Crippen molar-refractivity contribution >= 4 is 29.3 Å². The van der Waals surface area contributed by atoms with Crippen LogP contribution in [0.25, 0.3) is 0 Å². The van der Waals surface area contributed by atoms with Crippen LogP contribution in [0.15, 0.2) is 0 Å². The molecule has 0 spiro atoms. The van der Waals surface area contributed by atoms with Crippen LogP contribution >= 0.6 is 23.5 Å². The molecule has 2 aliphatic rings. The Kier molecular flexibility index (Phi) is 1.73. The van der Waals surface area contributed by atoms with Gasteiger partial charge in [0.05, 0.1) is 5.25 Å². The van der Waals surface area contributed by atoms with E-state index in [0.29, 0.717) is 11.0 Å². The molecule has 1 aliphatic heterocycles. The topological polar surface area (TPSA) is 17.1 Å². The van der Waals surface area contributed by atoms with Gasteiger partial charge in [-0.15, -0.1) is 11.8 Å². The summed E-state index contributed by atoms with van der Waals surface area (Å²) in [6, 6.07) is 0. The van der Waals surface area contributed by atoms with E-state index in [1.807, 2.05) is 23.5 Å². The molecule has 3 atom stereocenters. The normalized spacial score (nSPS) is 44.3. The highest BCUT2D eigenvalue weighted by molar-refractivity contribution is 8.08. The molecule has 1 saturated carbocycles. The highest BCUT2D eigenvalue weighted by Gasteiger charge is 2.44. The predicted molar refractivity (Wildman–Crippen MR) is 46.7 cm³/mol.